The van der Waals surface area contributed by atoms with Crippen LogP contribution in [0.4, 0.5) is 5.82 Å². The minimum absolute atomic E-state index is 0.211. The highest BCUT2D eigenvalue weighted by Gasteiger charge is 2.15. The van der Waals surface area contributed by atoms with Crippen LogP contribution in [-0.4, -0.2) is 25.0 Å². The minimum atomic E-state index is -0.212. The minimum Gasteiger partial charge on any atom is -0.497 e. The van der Waals surface area contributed by atoms with Crippen LogP contribution in [0.15, 0.2) is 30.5 Å². The summed E-state index contributed by atoms with van der Waals surface area (Å²) in [5, 5.41) is 0. The highest BCUT2D eigenvalue weighted by Crippen LogP contribution is 2.25. The summed E-state index contributed by atoms with van der Waals surface area (Å²) in [5.41, 5.74) is 7.47. The zero-order valence-electron chi connectivity index (χ0n) is 11.6. The third-order valence-corrected chi connectivity index (χ3v) is 2.91. The van der Waals surface area contributed by atoms with Gasteiger partial charge in [0.1, 0.15) is 17.3 Å². The van der Waals surface area contributed by atoms with E-state index >= 15 is 0 Å². The summed E-state index contributed by atoms with van der Waals surface area (Å²) in [6, 6.07) is 6.71. The van der Waals surface area contributed by atoms with Crippen LogP contribution in [0.5, 0.6) is 11.5 Å². The second-order valence-corrected chi connectivity index (χ2v) is 4.38. The molecule has 104 valence electrons. The van der Waals surface area contributed by atoms with Crippen molar-refractivity contribution in [1.82, 2.24) is 4.98 Å². The van der Waals surface area contributed by atoms with Crippen molar-refractivity contribution in [1.29, 1.82) is 0 Å². The number of nitrogens with zero attached hydrogens (tertiary/aromatic N) is 1. The first kappa shape index (κ1) is 13.9. The fourth-order valence-electron chi connectivity index (χ4n) is 1.86. The number of methoxy groups -OCH3 is 2. The first-order chi connectivity index (χ1) is 9.55. The third kappa shape index (κ3) is 2.71. The van der Waals surface area contributed by atoms with Gasteiger partial charge in [0.15, 0.2) is 5.78 Å². The molecule has 5 heteroatoms. The van der Waals surface area contributed by atoms with E-state index in [1.54, 1.807) is 30.5 Å². The Bertz CT molecular complexity index is 631. The molecule has 5 nitrogen and oxygen atoms in total. The van der Waals surface area contributed by atoms with Gasteiger partial charge >= 0.3 is 0 Å². The highest BCUT2D eigenvalue weighted by atomic mass is 16.5. The molecule has 0 aliphatic heterocycles. The average molecular weight is 272 g/mol. The van der Waals surface area contributed by atoms with Crippen molar-refractivity contribution >= 4 is 11.6 Å². The van der Waals surface area contributed by atoms with Crippen LogP contribution >= 0.6 is 0 Å². The standard InChI is InChI=1S/C15H16N2O3/c1-9-4-13(15(16)17-8-9)14(18)10-5-11(19-2)7-12(6-10)20-3/h4-8H,1-3H3,(H2,16,17). The number of hydrogen-bond acceptors (Lipinski definition) is 5. The Morgan fingerprint density at radius 3 is 2.25 bits per heavy atom. The Morgan fingerprint density at radius 2 is 1.70 bits per heavy atom. The molecule has 0 saturated heterocycles. The van der Waals surface area contributed by atoms with Crippen LogP contribution in [-0.2, 0) is 0 Å². The number of ketones is 1. The maximum atomic E-state index is 12.5. The molecule has 2 N–H and O–H groups in total. The van der Waals surface area contributed by atoms with Gasteiger partial charge in [-0.05, 0) is 30.7 Å². The summed E-state index contributed by atoms with van der Waals surface area (Å²) < 4.78 is 10.3. The van der Waals surface area contributed by atoms with Crippen molar-refractivity contribution in [3.05, 3.63) is 47.2 Å². The average Bonchev–Trinajstić information content (AvgIpc) is 2.48. The molecule has 0 saturated carbocycles. The number of carbonyl (C=O) groups excluding carboxylic acids is 1. The van der Waals surface area contributed by atoms with Gasteiger partial charge < -0.3 is 15.2 Å². The summed E-state index contributed by atoms with van der Waals surface area (Å²) in [6.45, 7) is 1.86. The van der Waals surface area contributed by atoms with Crippen LogP contribution in [0.3, 0.4) is 0 Å². The molecule has 0 aliphatic carbocycles. The Hall–Kier alpha value is -2.56. The number of pyridine rings is 1. The number of aryl methyl sites for hydroxylation is 1. The van der Waals surface area contributed by atoms with Crippen LogP contribution in [0.2, 0.25) is 0 Å². The molecule has 0 fully saturated rings. The van der Waals surface area contributed by atoms with Crippen LogP contribution < -0.4 is 15.2 Å². The molecule has 20 heavy (non-hydrogen) atoms. The maximum absolute atomic E-state index is 12.5. The van der Waals surface area contributed by atoms with E-state index < -0.39 is 0 Å². The van der Waals surface area contributed by atoms with E-state index in [0.717, 1.165) is 5.56 Å². The SMILES string of the molecule is COc1cc(OC)cc(C(=O)c2cc(C)cnc2N)c1. The molecule has 0 bridgehead atoms. The van der Waals surface area contributed by atoms with E-state index in [2.05, 4.69) is 4.98 Å². The Kier molecular flexibility index (Phi) is 3.89. The smallest absolute Gasteiger partial charge is 0.197 e. The molecule has 0 radical (unpaired) electrons. The predicted molar refractivity (Wildman–Crippen MR) is 76.4 cm³/mol. The monoisotopic (exact) mass is 272 g/mol. The van der Waals surface area contributed by atoms with Gasteiger partial charge in [-0.25, -0.2) is 4.98 Å². The number of rotatable bonds is 4. The maximum Gasteiger partial charge on any atom is 0.197 e. The summed E-state index contributed by atoms with van der Waals surface area (Å²) in [7, 11) is 3.07. The van der Waals surface area contributed by atoms with E-state index in [1.807, 2.05) is 6.92 Å². The Balaban J connectivity index is 2.50. The van der Waals surface area contributed by atoms with Crippen LogP contribution in [0.1, 0.15) is 21.5 Å². The van der Waals surface area contributed by atoms with Gasteiger partial charge in [0.25, 0.3) is 0 Å². The number of carbonyl (C=O) groups is 1. The second-order valence-electron chi connectivity index (χ2n) is 4.38. The number of ether oxygens (including phenoxy) is 2. The lowest BCUT2D eigenvalue weighted by Crippen LogP contribution is -2.08. The van der Waals surface area contributed by atoms with Gasteiger partial charge in [0, 0.05) is 17.8 Å². The molecule has 0 amide bonds. The molecule has 2 aromatic rings. The van der Waals surface area contributed by atoms with Crippen molar-refractivity contribution in [2.75, 3.05) is 20.0 Å². The first-order valence-corrected chi connectivity index (χ1v) is 6.05. The van der Waals surface area contributed by atoms with Crippen LogP contribution in [0, 0.1) is 6.92 Å². The van der Waals surface area contributed by atoms with E-state index in [1.165, 1.54) is 14.2 Å². The van der Waals surface area contributed by atoms with Gasteiger partial charge in [-0.2, -0.15) is 0 Å². The summed E-state index contributed by atoms with van der Waals surface area (Å²) >= 11 is 0. The second kappa shape index (κ2) is 5.61. The largest absolute Gasteiger partial charge is 0.497 e. The van der Waals surface area contributed by atoms with Gasteiger partial charge in [0.2, 0.25) is 0 Å². The molecule has 2 rings (SSSR count). The van der Waals surface area contributed by atoms with Gasteiger partial charge in [-0.3, -0.25) is 4.79 Å². The van der Waals surface area contributed by atoms with Gasteiger partial charge in [-0.1, -0.05) is 0 Å². The van der Waals surface area contributed by atoms with E-state index in [-0.39, 0.29) is 11.6 Å². The van der Waals surface area contributed by atoms with Gasteiger partial charge in [-0.15, -0.1) is 0 Å². The lowest BCUT2D eigenvalue weighted by Gasteiger charge is -2.09. The lowest BCUT2D eigenvalue weighted by atomic mass is 10.0. The summed E-state index contributed by atoms with van der Waals surface area (Å²) in [6.07, 6.45) is 1.62. The van der Waals surface area contributed by atoms with Crippen molar-refractivity contribution in [2.45, 2.75) is 6.92 Å². The molecule has 1 heterocycles. The molecule has 0 atom stereocenters. The zero-order valence-corrected chi connectivity index (χ0v) is 11.6. The molecular weight excluding hydrogens is 256 g/mol. The number of nitrogens with two attached hydrogens (primary N) is 1. The van der Waals surface area contributed by atoms with E-state index in [4.69, 9.17) is 15.2 Å². The fourth-order valence-corrected chi connectivity index (χ4v) is 1.86. The van der Waals surface area contributed by atoms with E-state index in [9.17, 15) is 4.79 Å². The molecule has 0 aliphatic rings. The Labute approximate surface area is 117 Å². The number of aromatic nitrogens is 1. The molecular formula is C15H16N2O3. The normalized spacial score (nSPS) is 10.2. The number of hydrogen-bond donors (Lipinski definition) is 1. The van der Waals surface area contributed by atoms with Crippen molar-refractivity contribution in [3.8, 4) is 11.5 Å². The first-order valence-electron chi connectivity index (χ1n) is 6.05. The third-order valence-electron chi connectivity index (χ3n) is 2.91. The lowest BCUT2D eigenvalue weighted by molar-refractivity contribution is 0.103. The molecule has 0 unspecified atom stereocenters. The topological polar surface area (TPSA) is 74.4 Å². The van der Waals surface area contributed by atoms with Crippen molar-refractivity contribution < 1.29 is 14.3 Å². The number of benzene rings is 1. The molecule has 1 aromatic carbocycles. The Morgan fingerprint density at radius 1 is 1.10 bits per heavy atom. The number of nitrogen functional groups attached to an aromatic ring is 1. The van der Waals surface area contributed by atoms with Crippen LogP contribution in [0.25, 0.3) is 0 Å². The van der Waals surface area contributed by atoms with Crippen molar-refractivity contribution in [2.24, 2.45) is 0 Å². The van der Waals surface area contributed by atoms with E-state index in [0.29, 0.717) is 22.6 Å². The quantitative estimate of drug-likeness (QED) is 0.864. The molecule has 0 spiro atoms. The predicted octanol–water partition coefficient (Wildman–Crippen LogP) is 2.22. The molecule has 1 aromatic heterocycles. The number of anilines is 1. The van der Waals surface area contributed by atoms with Crippen molar-refractivity contribution in [3.63, 3.8) is 0 Å². The van der Waals surface area contributed by atoms with Gasteiger partial charge in [0.05, 0.1) is 19.8 Å². The summed E-state index contributed by atoms with van der Waals surface area (Å²) in [5.74, 6) is 1.09. The highest BCUT2D eigenvalue weighted by molar-refractivity contribution is 6.12. The zero-order chi connectivity index (χ0) is 14.7. The fraction of sp³-hybridized carbons (Fsp3) is 0.200. The summed E-state index contributed by atoms with van der Waals surface area (Å²) in [4.78, 5) is 16.5.